The van der Waals surface area contributed by atoms with Gasteiger partial charge in [0, 0.05) is 126 Å². The Kier molecular flexibility index (Phi) is 160000. The maximum Gasteiger partial charge on any atom is 0 e. The minimum absolute atomic E-state index is 0. The molecule has 25 nitrogen and oxygen atoms in total. The van der Waals surface area contributed by atoms with Crippen LogP contribution in [0.15, 0.2) is 0 Å². The molecule has 0 aliphatic carbocycles. The molecule has 0 saturated heterocycles. The van der Waals surface area contributed by atoms with Crippen molar-refractivity contribution in [2.75, 3.05) is 0 Å². The Hall–Kier alpha value is 3.13. The van der Waals surface area contributed by atoms with Crippen LogP contribution in [0, 0.1) is 0 Å². The Morgan fingerprint density at radius 3 is 0.226 bits per heavy atom. The zero-order valence-electron chi connectivity index (χ0n) is 15.0. The van der Waals surface area contributed by atoms with Crippen molar-refractivity contribution in [3.8, 4) is 0 Å². The molecule has 0 atom stereocenters. The van der Waals surface area contributed by atoms with Gasteiger partial charge in [-0.05, 0) is 0 Å². The Bertz CT molecular complexity index is 22.0. The van der Waals surface area contributed by atoms with Crippen LogP contribution in [0.25, 0.3) is 0 Å². The minimum atomic E-state index is 0. The van der Waals surface area contributed by atoms with Crippen LogP contribution in [-0.2, 0) is 137 Å². The van der Waals surface area contributed by atoms with Crippen LogP contribution in [0.2, 0.25) is 0 Å². The summed E-state index contributed by atoms with van der Waals surface area (Å²) in [6.45, 7) is 0. The molecule has 0 aromatic rings. The fraction of sp³-hybridized carbons (Fsp3) is 0. The standard InChI is InChI=1S/6Mo.H4O2.H2O2.21H2O/c;;;;;;2*1-2;;;;;;;;;;;;;;;;;;;;;/h;;;;;;1-2H2;1-2H;21*1H2/q;;;;;;+2;;;;;;;;;;;;;;;;;;;;;;/p+2. The molecule has 0 fully saturated rings. The van der Waals surface area contributed by atoms with Gasteiger partial charge in [0.1, 0.15) is 0 Å². The largest absolute Gasteiger partial charge is 0.457 e. The van der Waals surface area contributed by atoms with Crippen LogP contribution in [0.1, 0.15) is 0 Å². The van der Waals surface area contributed by atoms with E-state index in [2.05, 4.69) is 0 Å². The van der Waals surface area contributed by atoms with Crippen molar-refractivity contribution in [3.63, 3.8) is 0 Å². The predicted octanol–water partition coefficient (Wildman–Crippen LogP) is -19.2. The molecule has 0 radical (unpaired) electrons. The van der Waals surface area contributed by atoms with Crippen LogP contribution in [0.5, 0.6) is 0 Å². The van der Waals surface area contributed by atoms with Crippen molar-refractivity contribution in [2.45, 2.75) is 0 Å². The summed E-state index contributed by atoms with van der Waals surface area (Å²) in [5.74, 6) is 0. The Labute approximate surface area is 260 Å². The van der Waals surface area contributed by atoms with Gasteiger partial charge in [-0.1, -0.05) is 0 Å². The summed E-state index contributed by atoms with van der Waals surface area (Å²) in [5, 5.41) is 22.0. The van der Waals surface area contributed by atoms with Crippen LogP contribution in [-0.4, -0.2) is 125 Å². The van der Waals surface area contributed by atoms with Gasteiger partial charge in [0.25, 0.3) is 0 Å². The van der Waals surface area contributed by atoms with E-state index in [-0.39, 0.29) is 241 Å². The molecule has 0 heterocycles. The first kappa shape index (κ1) is 1420. The SMILES string of the molecule is O.O.O.O.O.O.O.O.O.O.O.O.O.O.O.O.O.O.O.OO.[Mo].[Mo].[Mo].[Mo].[Mo].[Mo].[OH2+][OH2+].[OH3+].[OH3+]. The summed E-state index contributed by atoms with van der Waals surface area (Å²) in [6.07, 6.45) is 0. The van der Waals surface area contributed by atoms with E-state index in [0.717, 1.165) is 0 Å². The number of hydrogen-bond acceptors (Lipinski definition) is 2. The normalized spacial score (nSPS) is 0.387. The van der Waals surface area contributed by atoms with Crippen molar-refractivity contribution >= 4 is 0 Å². The van der Waals surface area contributed by atoms with Crippen molar-refractivity contribution in [3.05, 3.63) is 0 Å². The van der Waals surface area contributed by atoms with Gasteiger partial charge < -0.3 is 115 Å². The third-order valence-corrected chi connectivity index (χ3v) is 0. The van der Waals surface area contributed by atoms with Crippen molar-refractivity contribution in [1.29, 1.82) is 0 Å². The van der Waals surface area contributed by atoms with Crippen molar-refractivity contribution < 1.29 is 262 Å². The van der Waals surface area contributed by atoms with Gasteiger partial charge in [-0.3, -0.25) is 10.5 Å². The molecular weight excluding hydrogens is 976 g/mol. The van der Waals surface area contributed by atoms with Gasteiger partial charge in [-0.15, -0.1) is 0 Å². The molecule has 31 heteroatoms. The molecular formula is H50Mo6O25+4. The van der Waals surface area contributed by atoms with E-state index in [1.807, 2.05) is 0 Å². The average Bonchev–Trinajstić information content (AvgIpc) is 1.50. The molecule has 232 valence electrons. The van der Waals surface area contributed by atoms with Gasteiger partial charge in [0.2, 0.25) is 0 Å². The predicted molar refractivity (Wildman–Crippen MR) is 90.9 cm³/mol. The average molecular weight is 1030 g/mol. The van der Waals surface area contributed by atoms with Crippen LogP contribution < -0.4 is 0 Å². The zero-order valence-corrected chi connectivity index (χ0v) is 27.0. The molecule has 0 aliphatic rings. The molecule has 0 aromatic heterocycles. The molecule has 0 aromatic carbocycles. The molecule has 0 saturated carbocycles. The zero-order chi connectivity index (χ0) is 4.00. The summed E-state index contributed by atoms with van der Waals surface area (Å²) in [4.78, 5) is 0. The molecule has 0 unspecified atom stereocenters. The van der Waals surface area contributed by atoms with E-state index >= 15 is 0 Å². The molecule has 0 amide bonds. The first-order valence-corrected chi connectivity index (χ1v) is 0.450. The summed E-state index contributed by atoms with van der Waals surface area (Å²) < 4.78 is 0. The van der Waals surface area contributed by atoms with Gasteiger partial charge in [-0.25, -0.2) is 0 Å². The molecule has 0 spiro atoms. The number of rotatable bonds is 0. The van der Waals surface area contributed by atoms with E-state index < -0.39 is 0 Å². The third kappa shape index (κ3) is 3280. The fourth-order valence-corrected chi connectivity index (χ4v) is 0. The van der Waals surface area contributed by atoms with Gasteiger partial charge in [0.15, 0.2) is 0 Å². The van der Waals surface area contributed by atoms with E-state index in [4.69, 9.17) is 21.0 Å². The van der Waals surface area contributed by atoms with Crippen molar-refractivity contribution in [2.24, 2.45) is 0 Å². The maximum atomic E-state index is 6.00. The number of hydrogen-bond donors (Lipinski definition) is 2. The fourth-order valence-electron chi connectivity index (χ4n) is 0. The Balaban J connectivity index is -0.0000000000511. The second kappa shape index (κ2) is 3490. The maximum absolute atomic E-state index is 6.00. The quantitative estimate of drug-likeness (QED) is 0.103. The minimum Gasteiger partial charge on any atom is -0.457 e. The van der Waals surface area contributed by atoms with Crippen LogP contribution in [0.3, 0.4) is 0 Å². The summed E-state index contributed by atoms with van der Waals surface area (Å²) >= 11 is 0. The topological polar surface area (TPSA) is 751 Å². The summed E-state index contributed by atoms with van der Waals surface area (Å²) in [6, 6.07) is 0. The molecule has 31 heavy (non-hydrogen) atoms. The second-order valence-corrected chi connectivity index (χ2v) is 0. The molecule has 50 N–H and O–H groups in total. The third-order valence-electron chi connectivity index (χ3n) is 0. The van der Waals surface area contributed by atoms with Gasteiger partial charge in [-0.2, -0.15) is 10.5 Å². The first-order valence-electron chi connectivity index (χ1n) is 0.450. The first-order chi connectivity index (χ1) is 2.00. The Morgan fingerprint density at radius 2 is 0.226 bits per heavy atom. The van der Waals surface area contributed by atoms with Crippen LogP contribution >= 0.6 is 0 Å². The molecule has 0 rings (SSSR count). The molecule has 0 bridgehead atoms. The second-order valence-electron chi connectivity index (χ2n) is 0. The van der Waals surface area contributed by atoms with E-state index in [9.17, 15) is 0 Å². The van der Waals surface area contributed by atoms with Gasteiger partial charge >= 0.3 is 0 Å². The van der Waals surface area contributed by atoms with E-state index in [0.29, 0.717) is 0 Å². The van der Waals surface area contributed by atoms with Crippen molar-refractivity contribution in [1.82, 2.24) is 0 Å². The molecule has 0 aliphatic heterocycles. The van der Waals surface area contributed by atoms with E-state index in [1.54, 1.807) is 0 Å². The van der Waals surface area contributed by atoms with E-state index in [1.165, 1.54) is 0 Å². The summed E-state index contributed by atoms with van der Waals surface area (Å²) in [5.41, 5.74) is 0. The Morgan fingerprint density at radius 1 is 0.226 bits per heavy atom. The van der Waals surface area contributed by atoms with Crippen LogP contribution in [0.4, 0.5) is 0 Å². The monoisotopic (exact) mass is 1040 g/mol. The smallest absolute Gasteiger partial charge is 0 e. The van der Waals surface area contributed by atoms with Gasteiger partial charge in [0.05, 0.1) is 0 Å². The summed E-state index contributed by atoms with van der Waals surface area (Å²) in [7, 11) is 0.